The van der Waals surface area contributed by atoms with E-state index in [-0.39, 0.29) is 149 Å². The zero-order valence-corrected chi connectivity index (χ0v) is 86.7. The van der Waals surface area contributed by atoms with Crippen LogP contribution < -0.4 is 55.8 Å². The molecule has 17 unspecified atom stereocenters. The third-order valence-electron chi connectivity index (χ3n) is 21.9. The number of carbonyl (C=O) groups is 6. The minimum Gasteiger partial charge on any atom is -0.481 e. The number of carboxylic acids is 3. The number of fused-ring (bicyclic) bond motifs is 6. The number of nitrogens with zero attached hydrogens (tertiary/aromatic N) is 6. The fourth-order valence-corrected chi connectivity index (χ4v) is 26.6. The van der Waals surface area contributed by atoms with Gasteiger partial charge in [-0.05, 0) is 46.5 Å². The fourth-order valence-electron chi connectivity index (χ4n) is 15.5. The predicted octanol–water partition coefficient (Wildman–Crippen LogP) is 1.76. The van der Waals surface area contributed by atoms with Crippen LogP contribution in [-0.2, 0) is 96.1 Å². The van der Waals surface area contributed by atoms with Gasteiger partial charge in [-0.3, -0.25) is 95.2 Å². The number of carboxylic acid groups (broad SMARTS) is 3. The number of ether oxygens (including phenoxy) is 3. The van der Waals surface area contributed by atoms with E-state index >= 15 is 0 Å². The molecule has 144 heavy (non-hydrogen) atoms. The Labute approximate surface area is 826 Å². The number of alkyl halides is 1. The first-order chi connectivity index (χ1) is 67.7. The van der Waals surface area contributed by atoms with Crippen LogP contribution in [0.15, 0.2) is 113 Å². The Balaban J connectivity index is 0.000000193. The number of hydrogen-bond acceptors (Lipinski definition) is 49. The maximum atomic E-state index is 13.8. The average molecular weight is 2690 g/mol. The van der Waals surface area contributed by atoms with Crippen molar-refractivity contribution in [1.82, 2.24) is 80.2 Å². The topological polar surface area (TPSA) is 863 Å². The Bertz CT molecular complexity index is 6660. The molecule has 16 rings (SSSR count). The van der Waals surface area contributed by atoms with E-state index in [2.05, 4.69) is 88.3 Å². The molecule has 8 aromatic heterocycles. The molecule has 54 nitrogen and oxygen atoms in total. The van der Waals surface area contributed by atoms with Crippen molar-refractivity contribution >= 4 is 206 Å². The Hall–Kier alpha value is -12.3. The van der Waals surface area contributed by atoms with E-state index in [1.165, 1.54) is 58.5 Å². The number of nitrogen functional groups attached to an aromatic ring is 4. The van der Waals surface area contributed by atoms with Crippen molar-refractivity contribution in [3.8, 4) is 0 Å². The molecule has 6 aliphatic rings. The molecule has 4 saturated heterocycles. The summed E-state index contributed by atoms with van der Waals surface area (Å²) in [4.78, 5) is 160. The van der Waals surface area contributed by atoms with E-state index in [0.717, 1.165) is 74.6 Å². The van der Waals surface area contributed by atoms with Crippen LogP contribution in [0.2, 0.25) is 0 Å². The molecule has 0 saturated carbocycles. The van der Waals surface area contributed by atoms with E-state index in [0.29, 0.717) is 58.5 Å². The van der Waals surface area contributed by atoms with Crippen molar-refractivity contribution in [1.29, 1.82) is 0 Å². The van der Waals surface area contributed by atoms with Crippen molar-refractivity contribution in [2.24, 2.45) is 0 Å². The van der Waals surface area contributed by atoms with E-state index in [4.69, 9.17) is 80.0 Å². The van der Waals surface area contributed by atoms with Crippen LogP contribution in [0.4, 0.5) is 37.8 Å². The third kappa shape index (κ3) is 25.4. The van der Waals surface area contributed by atoms with Gasteiger partial charge in [-0.2, -0.15) is 0 Å². The molecule has 0 aliphatic carbocycles. The number of H-pyrrole nitrogens is 8. The van der Waals surface area contributed by atoms with Gasteiger partial charge in [0.2, 0.25) is 30.7 Å². The van der Waals surface area contributed by atoms with Crippen molar-refractivity contribution in [2.45, 2.75) is 143 Å². The van der Waals surface area contributed by atoms with Gasteiger partial charge >= 0.3 is 51.7 Å². The number of esters is 1. The van der Waals surface area contributed by atoms with Gasteiger partial charge in [0.05, 0.1) is 113 Å². The van der Waals surface area contributed by atoms with E-state index < -0.39 is 191 Å². The van der Waals surface area contributed by atoms with Gasteiger partial charge in [0.1, 0.15) is 117 Å². The minimum atomic E-state index is -4.42. The Morgan fingerprint density at radius 3 is 1.08 bits per heavy atom. The molecule has 2 aromatic carbocycles. The SMILES string of the molecule is C=CCOC(=O)N1C(CO)C(O)C(O)C1c1c[nH]c2c(=O)[nH]c(N)nc12.C=CCOC(=O)N1C(COP2(=O)OCc3cc(SSCC(=O)O)c(SSCC(=O)OCF)cc3CO2)C(O)C(O)C1c1c[nH]c2c(=O)[nH]c(N)nc12.Nc1nc2c(C3NC(CO)C(O)C3O)c[nH]c2c(=O)[nH]1.Nc1nc2c(C3NC(COP4(=O)OCc5cc(SSCC(=O)O)c(SSCC(=O)O)cc5CO4)C(O)C3O)c[nH]c2c(=O)[nH]1.[Fm].[Fm]. The number of carbonyl (C=O) groups excluding carboxylic acids is 3. The number of phosphoric ester groups is 2. The molecule has 0 radical (unpaired) electrons. The summed E-state index contributed by atoms with van der Waals surface area (Å²) >= 11 is 0. The Kier molecular flexibility index (Phi) is 38.2. The fraction of sp³-hybridized carbons (Fsp3) is 0.403. The normalized spacial score (nSPS) is 24.1. The molecule has 17 atom stereocenters. The number of aliphatic hydroxyl groups excluding tert-OH is 10. The number of anilines is 4. The van der Waals surface area contributed by atoms with Crippen LogP contribution in [-0.4, -0.2) is 315 Å². The number of amides is 2. The van der Waals surface area contributed by atoms with Crippen molar-refractivity contribution in [3.63, 3.8) is 0 Å². The second-order valence-corrected chi connectivity index (χ2v) is 43.6. The van der Waals surface area contributed by atoms with Crippen LogP contribution in [0.3, 0.4) is 0 Å². The van der Waals surface area contributed by atoms with Crippen LogP contribution in [0, 0.1) is 0 Å². The summed E-state index contributed by atoms with van der Waals surface area (Å²) in [6, 6.07) is -1.15. The third-order valence-corrected chi connectivity index (χ3v) is 33.9. The second kappa shape index (κ2) is 49.1. The molecule has 10 aromatic rings. The second-order valence-electron chi connectivity index (χ2n) is 30.9. The molecule has 4 fully saturated rings. The van der Waals surface area contributed by atoms with Gasteiger partial charge < -0.3 is 134 Å². The first kappa shape index (κ1) is 112. The monoisotopic (exact) mass is 2690 g/mol. The standard InChI is InChI=1S/C28H31FN5O13PS4.C23H26N5O11PS4.C15H19N5O6.C11H15N5O4.2Fm/c1-2-3-43-28(41)34-16(24(38)25(39)23(34)15-6-31-22-21(15)32-27(30)33-26(22)40)9-47-48(42)45-7-13-4-17(51-49-10-19(35)36)18(5-14(13)8-46-48)52-50-11-20(37)44-12-29;24-23-27-17-11(3-25-19(17)22(35)28-23)18-21(34)20(33)12(26-18)6-39-40(36)37-4-9-1-13(43-41-7-15(29)30)14(2-10(9)5-38-40)44-42-8-16(31)32;1-2-3-26-15(25)20-7(5-21)11(22)12(23)10(20)6-4-17-9-8(6)18-14(16)19-13(9)24;12-11-15-5-3(1-13-7(5)10(20)16-11)6-9(19)8(18)4(2-17)14-6;;/h2,4-6,16,23-25,31,38-39H,1,3,7-12H2,(H,35,36)(H3,30,32,33,40);1-3,12,18,20-21,25-26,33-34H,4-8H2,(H,29,30)(H,31,32)(H3,24,27,28,35);2,4,7,10-12,17,21-23H,1,3,5H2,(H3,16,18,19,24);1,4,6,8-9,13-14,17-19H,2H2,(H3,12,15,16,20);;. The number of halogens is 1. The number of likely N-dealkylation sites (tertiary alicyclic amines) is 2. The van der Waals surface area contributed by atoms with E-state index in [1.807, 2.05) is 0 Å². The smallest absolute Gasteiger partial charge is 0.475 e. The van der Waals surface area contributed by atoms with Gasteiger partial charge in [0.15, 0.2) is 0 Å². The predicted molar refractivity (Wildman–Crippen MR) is 513 cm³/mol. The first-order valence-corrected chi connectivity index (χ1v) is 53.6. The molecule has 31 N–H and O–H groups in total. The average Bonchev–Trinajstić information content (AvgIpc) is 1.59. The number of aromatic nitrogens is 12. The molecule has 0 bridgehead atoms. The first-order valence-electron chi connectivity index (χ1n) is 41.4. The van der Waals surface area contributed by atoms with Gasteiger partial charge in [-0.25, -0.2) is 43.0 Å². The summed E-state index contributed by atoms with van der Waals surface area (Å²) < 4.78 is 87.6. The maximum absolute atomic E-state index is 13.8. The number of aliphatic carboxylic acids is 3. The molecular formula is C77H91FFm2N20O34P2S8. The van der Waals surface area contributed by atoms with Crippen molar-refractivity contribution in [2.75, 3.05) is 92.4 Å². The number of aromatic amines is 8. The zero-order valence-electron chi connectivity index (χ0n) is 73.5. The summed E-state index contributed by atoms with van der Waals surface area (Å²) in [6.07, 6.45) is -4.64. The number of nitrogens with one attached hydrogen (secondary N) is 10. The van der Waals surface area contributed by atoms with Crippen LogP contribution in [0.1, 0.15) is 68.7 Å². The number of rotatable bonds is 33. The van der Waals surface area contributed by atoms with Gasteiger partial charge in [-0.15, -0.1) is 0 Å². The Morgan fingerprint density at radius 1 is 0.444 bits per heavy atom. The number of aliphatic hydroxyl groups is 10. The van der Waals surface area contributed by atoms with Crippen LogP contribution in [0.5, 0.6) is 0 Å². The molecule has 67 heteroatoms. The van der Waals surface area contributed by atoms with E-state index in [9.17, 15) is 107 Å². The van der Waals surface area contributed by atoms with Crippen molar-refractivity contribution < 1.29 is 150 Å². The Morgan fingerprint density at radius 2 is 0.757 bits per heavy atom. The molecule has 0 spiro atoms. The largest absolute Gasteiger partial charge is 0.481 e. The number of phosphoric acid groups is 2. The van der Waals surface area contributed by atoms with Gasteiger partial charge in [0.25, 0.3) is 22.2 Å². The van der Waals surface area contributed by atoms with Gasteiger partial charge in [-0.1, -0.05) is 112 Å². The summed E-state index contributed by atoms with van der Waals surface area (Å²) in [7, 11) is 0.424. The summed E-state index contributed by atoms with van der Waals surface area (Å²) in [5.41, 5.74) is 25.2. The summed E-state index contributed by atoms with van der Waals surface area (Å²) in [5.74, 6) is -5.00. The summed E-state index contributed by atoms with van der Waals surface area (Å²) in [5, 5.41) is 136. The quantitative estimate of drug-likeness (QED) is 0.00916. The maximum Gasteiger partial charge on any atom is 0.475 e. The van der Waals surface area contributed by atoms with Gasteiger partial charge in [0, 0.05) is 66.6 Å². The molecule has 14 heterocycles. The molecule has 6 aliphatic heterocycles. The van der Waals surface area contributed by atoms with Crippen molar-refractivity contribution in [3.05, 3.63) is 160 Å². The van der Waals surface area contributed by atoms with E-state index in [1.54, 1.807) is 24.3 Å². The summed E-state index contributed by atoms with van der Waals surface area (Å²) in [6.45, 7) is 2.50. The molecular weight excluding hydrogens is 2600 g/mol. The van der Waals surface area contributed by atoms with Crippen LogP contribution >= 0.6 is 102 Å². The number of hydrogen-bond donors (Lipinski definition) is 27. The molecule has 792 valence electrons. The minimum absolute atomic E-state index is 0. The number of benzene rings is 2. The molecule has 2 amide bonds. The zero-order chi connectivity index (χ0) is 103. The number of nitrogens with two attached hydrogens (primary N) is 4. The van der Waals surface area contributed by atoms with Crippen LogP contribution in [0.25, 0.3) is 44.1 Å².